The van der Waals surface area contributed by atoms with Crippen LogP contribution in [0.3, 0.4) is 0 Å². The van der Waals surface area contributed by atoms with Crippen molar-refractivity contribution in [1.29, 1.82) is 5.26 Å². The number of piperidine rings is 1. The van der Waals surface area contributed by atoms with Crippen molar-refractivity contribution in [3.05, 3.63) is 95.1 Å². The second-order valence-corrected chi connectivity index (χ2v) is 11.6. The maximum absolute atomic E-state index is 14.2. The molecule has 0 saturated carbocycles. The lowest BCUT2D eigenvalue weighted by molar-refractivity contribution is -0.131. The van der Waals surface area contributed by atoms with Crippen LogP contribution in [0.1, 0.15) is 48.7 Å². The highest BCUT2D eigenvalue weighted by atomic mass is 19.1. The number of hydrogen-bond acceptors (Lipinski definition) is 7. The average molecular weight is 611 g/mol. The zero-order valence-corrected chi connectivity index (χ0v) is 25.1. The number of halogens is 1. The lowest BCUT2D eigenvalue weighted by atomic mass is 10.1. The summed E-state index contributed by atoms with van der Waals surface area (Å²) in [7, 11) is 0. The minimum absolute atomic E-state index is 0.0714. The maximum Gasteiger partial charge on any atom is 0.328 e. The van der Waals surface area contributed by atoms with Crippen LogP contribution in [0.15, 0.2) is 66.7 Å². The van der Waals surface area contributed by atoms with Crippen molar-refractivity contribution < 1.29 is 28.5 Å². The first-order valence-corrected chi connectivity index (χ1v) is 15.2. The van der Waals surface area contributed by atoms with Crippen molar-refractivity contribution in [3.8, 4) is 17.6 Å². The van der Waals surface area contributed by atoms with E-state index < -0.39 is 11.8 Å². The molecule has 3 heterocycles. The van der Waals surface area contributed by atoms with E-state index in [9.17, 15) is 14.3 Å². The molecule has 1 N–H and O–H groups in total. The van der Waals surface area contributed by atoms with Crippen molar-refractivity contribution >= 4 is 22.6 Å². The molecule has 2 saturated heterocycles. The molecule has 0 bridgehead atoms. The zero-order valence-electron chi connectivity index (χ0n) is 25.1. The van der Waals surface area contributed by atoms with Crippen LogP contribution in [0.25, 0.3) is 16.6 Å². The number of benzene rings is 3. The number of aliphatic carboxylic acids is 1. The Morgan fingerprint density at radius 1 is 1.16 bits per heavy atom. The largest absolute Gasteiger partial charge is 0.490 e. The molecule has 0 aliphatic carbocycles. The number of carboxylic acid groups (broad SMARTS) is 1. The molecule has 0 spiro atoms. The Morgan fingerprint density at radius 2 is 1.98 bits per heavy atom. The molecule has 0 radical (unpaired) electrons. The fourth-order valence-corrected chi connectivity index (χ4v) is 5.78. The summed E-state index contributed by atoms with van der Waals surface area (Å²) in [4.78, 5) is 18.6. The summed E-state index contributed by atoms with van der Waals surface area (Å²) >= 11 is 0. The van der Waals surface area contributed by atoms with Crippen molar-refractivity contribution in [3.63, 3.8) is 0 Å². The number of allylic oxidation sites excluding steroid dienone is 1. The molecule has 2 aliphatic rings. The number of ether oxygens (including phenoxy) is 3. The number of hydrogen-bond donors (Lipinski definition) is 1. The molecule has 1 atom stereocenters. The van der Waals surface area contributed by atoms with Gasteiger partial charge in [0.1, 0.15) is 24.3 Å². The van der Waals surface area contributed by atoms with Crippen molar-refractivity contribution in [2.45, 2.75) is 58.1 Å². The minimum atomic E-state index is -0.963. The highest BCUT2D eigenvalue weighted by molar-refractivity contribution is 5.91. The van der Waals surface area contributed by atoms with E-state index in [-0.39, 0.29) is 30.1 Å². The van der Waals surface area contributed by atoms with Crippen LogP contribution in [-0.4, -0.2) is 57.4 Å². The first kappa shape index (κ1) is 30.3. The second-order valence-electron chi connectivity index (χ2n) is 11.6. The minimum Gasteiger partial charge on any atom is -0.490 e. The van der Waals surface area contributed by atoms with Crippen LogP contribution in [0.4, 0.5) is 4.39 Å². The summed E-state index contributed by atoms with van der Waals surface area (Å²) < 4.78 is 34.2. The highest BCUT2D eigenvalue weighted by Gasteiger charge is 2.25. The number of aromatic nitrogens is 2. The van der Waals surface area contributed by atoms with Crippen molar-refractivity contribution in [2.75, 3.05) is 19.7 Å². The number of nitriles is 1. The second kappa shape index (κ2) is 13.5. The number of fused-ring (bicyclic) bond motifs is 1. The standard InChI is InChI=1S/C35H35FN4O5/c1-23(15-35(41)42)26-6-7-31-32(18-26)40(20-29-11-14-43-29)34(38-31)21-39-12-9-27(10-13-39)45-28-4-2-3-25(16-28)22-44-33-8-5-24(19-37)17-30(33)36/h2-8,15-18,27,29H,9-14,20-22H2,1H3,(H,41,42)/b23-15+/t29-/m0/s1. The molecule has 9 nitrogen and oxygen atoms in total. The van der Waals surface area contributed by atoms with Crippen LogP contribution in [0, 0.1) is 17.1 Å². The van der Waals surface area contributed by atoms with Gasteiger partial charge in [0, 0.05) is 25.8 Å². The van der Waals surface area contributed by atoms with E-state index in [4.69, 9.17) is 24.5 Å². The van der Waals surface area contributed by atoms with E-state index in [0.717, 1.165) is 72.7 Å². The quantitative estimate of drug-likeness (QED) is 0.208. The Balaban J connectivity index is 1.07. The number of carbonyl (C=O) groups is 1. The van der Waals surface area contributed by atoms with Gasteiger partial charge in [0.05, 0.1) is 41.9 Å². The molecule has 232 valence electrons. The number of carboxylic acids is 1. The summed E-state index contributed by atoms with van der Waals surface area (Å²) in [6.45, 7) is 5.90. The molecule has 45 heavy (non-hydrogen) atoms. The molecule has 6 rings (SSSR count). The first-order valence-electron chi connectivity index (χ1n) is 15.2. The van der Waals surface area contributed by atoms with Gasteiger partial charge >= 0.3 is 5.97 Å². The first-order chi connectivity index (χ1) is 21.8. The van der Waals surface area contributed by atoms with Crippen LogP contribution in [0.5, 0.6) is 11.5 Å². The Kier molecular flexibility index (Phi) is 9.10. The van der Waals surface area contributed by atoms with Crippen LogP contribution in [-0.2, 0) is 29.2 Å². The predicted octanol–water partition coefficient (Wildman–Crippen LogP) is 5.95. The average Bonchev–Trinajstić information content (AvgIpc) is 3.34. The molecule has 1 aromatic heterocycles. The van der Waals surface area contributed by atoms with Gasteiger partial charge in [-0.05, 0) is 85.4 Å². The number of rotatable bonds is 11. The molecule has 0 unspecified atom stereocenters. The van der Waals surface area contributed by atoms with Crippen LogP contribution in [0.2, 0.25) is 0 Å². The number of imidazole rings is 1. The highest BCUT2D eigenvalue weighted by Crippen LogP contribution is 2.27. The van der Waals surface area contributed by atoms with Gasteiger partial charge in [-0.3, -0.25) is 4.90 Å². The van der Waals surface area contributed by atoms with E-state index in [1.54, 1.807) is 6.92 Å². The lowest BCUT2D eigenvalue weighted by Crippen LogP contribution is -2.39. The van der Waals surface area contributed by atoms with Gasteiger partial charge in [-0.2, -0.15) is 5.26 Å². The van der Waals surface area contributed by atoms with Gasteiger partial charge in [-0.15, -0.1) is 0 Å². The SMILES string of the molecule is C/C(=C\C(=O)O)c1ccc2nc(CN3CCC(Oc4cccc(COc5ccc(C#N)cc5F)c4)CC3)n(C[C@@H]3CCO3)c2c1. The zero-order chi connectivity index (χ0) is 31.3. The van der Waals surface area contributed by atoms with Gasteiger partial charge in [-0.25, -0.2) is 14.2 Å². The van der Waals surface area contributed by atoms with Crippen molar-refractivity contribution in [2.24, 2.45) is 0 Å². The topological polar surface area (TPSA) is 110 Å². The third kappa shape index (κ3) is 7.33. The fourth-order valence-electron chi connectivity index (χ4n) is 5.78. The molecule has 3 aromatic carbocycles. The maximum atomic E-state index is 14.2. The Morgan fingerprint density at radius 3 is 2.69 bits per heavy atom. The van der Waals surface area contributed by atoms with Gasteiger partial charge in [0.15, 0.2) is 11.6 Å². The Bertz CT molecular complexity index is 1770. The molecule has 2 aliphatic heterocycles. The van der Waals surface area contributed by atoms with E-state index in [1.165, 1.54) is 24.3 Å². The third-order valence-corrected chi connectivity index (χ3v) is 8.36. The van der Waals surface area contributed by atoms with E-state index in [2.05, 4.69) is 9.47 Å². The predicted molar refractivity (Wildman–Crippen MR) is 166 cm³/mol. The molecular weight excluding hydrogens is 575 g/mol. The van der Waals surface area contributed by atoms with Crippen LogP contribution < -0.4 is 9.47 Å². The van der Waals surface area contributed by atoms with Gasteiger partial charge < -0.3 is 23.9 Å². The molecule has 2 fully saturated rings. The summed E-state index contributed by atoms with van der Waals surface area (Å²) in [6.07, 6.45) is 4.20. The van der Waals surface area contributed by atoms with Gasteiger partial charge in [-0.1, -0.05) is 18.2 Å². The van der Waals surface area contributed by atoms with Gasteiger partial charge in [0.25, 0.3) is 0 Å². The number of likely N-dealkylation sites (tertiary alicyclic amines) is 1. The molecule has 0 amide bonds. The van der Waals surface area contributed by atoms with Gasteiger partial charge in [0.2, 0.25) is 0 Å². The summed E-state index contributed by atoms with van der Waals surface area (Å²) in [5, 5.41) is 18.1. The number of nitrogens with zero attached hydrogens (tertiary/aromatic N) is 4. The monoisotopic (exact) mass is 610 g/mol. The smallest absolute Gasteiger partial charge is 0.328 e. The summed E-state index contributed by atoms with van der Waals surface area (Å²) in [5.74, 6) is 0.304. The summed E-state index contributed by atoms with van der Waals surface area (Å²) in [5.41, 5.74) is 4.54. The van der Waals surface area contributed by atoms with Crippen LogP contribution >= 0.6 is 0 Å². The Hall–Kier alpha value is -4.72. The fraction of sp³-hybridized carbons (Fsp3) is 0.343. The van der Waals surface area contributed by atoms with E-state index in [0.29, 0.717) is 18.7 Å². The van der Waals surface area contributed by atoms with E-state index in [1.807, 2.05) is 48.5 Å². The van der Waals surface area contributed by atoms with E-state index >= 15 is 0 Å². The molecule has 4 aromatic rings. The third-order valence-electron chi connectivity index (χ3n) is 8.36. The normalized spacial score (nSPS) is 17.5. The summed E-state index contributed by atoms with van der Waals surface area (Å²) in [6, 6.07) is 19.6. The Labute approximate surface area is 261 Å². The lowest BCUT2D eigenvalue weighted by Gasteiger charge is -2.32. The molecule has 10 heteroatoms. The van der Waals surface area contributed by atoms with Crippen molar-refractivity contribution in [1.82, 2.24) is 14.5 Å². The molecular formula is C35H35FN4O5.